The van der Waals surface area contributed by atoms with Gasteiger partial charge < -0.3 is 15.7 Å². The number of nitrogens with one attached hydrogen (secondary N) is 3. The van der Waals surface area contributed by atoms with Crippen LogP contribution in [0, 0.1) is 5.82 Å². The van der Waals surface area contributed by atoms with Crippen molar-refractivity contribution in [2.75, 3.05) is 17.7 Å². The van der Waals surface area contributed by atoms with Crippen molar-refractivity contribution in [2.45, 2.75) is 11.1 Å². The highest BCUT2D eigenvalue weighted by Crippen LogP contribution is 2.37. The number of rotatable bonds is 5. The van der Waals surface area contributed by atoms with Crippen LogP contribution in [-0.2, 0) is 10.0 Å². The molecule has 0 saturated heterocycles. The lowest BCUT2D eigenvalue weighted by Gasteiger charge is -2.13. The zero-order valence-corrected chi connectivity index (χ0v) is 19.9. The van der Waals surface area contributed by atoms with Gasteiger partial charge in [0.1, 0.15) is 15.8 Å². The van der Waals surface area contributed by atoms with E-state index < -0.39 is 37.9 Å². The molecule has 34 heavy (non-hydrogen) atoms. The Morgan fingerprint density at radius 2 is 2.00 bits per heavy atom. The molecule has 1 aromatic heterocycles. The SMILES string of the molecule is CNc1cc2ccn(-c3ccc(NC(=O)NS(=O)(=O)C4=CCC(Cl)S4)c(O)c3)c(=O)c2cc1F. The van der Waals surface area contributed by atoms with Crippen LogP contribution < -0.4 is 20.9 Å². The molecule has 0 radical (unpaired) electrons. The molecule has 1 aliphatic heterocycles. The van der Waals surface area contributed by atoms with Gasteiger partial charge in [-0.1, -0.05) is 17.8 Å². The van der Waals surface area contributed by atoms with Crippen LogP contribution in [0.5, 0.6) is 5.75 Å². The molecule has 1 atom stereocenters. The summed E-state index contributed by atoms with van der Waals surface area (Å²) in [5.74, 6) is -0.995. The summed E-state index contributed by atoms with van der Waals surface area (Å²) >= 11 is 6.79. The van der Waals surface area contributed by atoms with Gasteiger partial charge in [-0.15, -0.1) is 11.6 Å². The number of nitrogens with zero attached hydrogens (tertiary/aromatic N) is 1. The number of urea groups is 1. The van der Waals surface area contributed by atoms with Crippen molar-refractivity contribution in [3.8, 4) is 11.4 Å². The van der Waals surface area contributed by atoms with Crippen LogP contribution in [0.4, 0.5) is 20.6 Å². The van der Waals surface area contributed by atoms with Gasteiger partial charge in [-0.25, -0.2) is 22.3 Å². The maximum absolute atomic E-state index is 14.2. The van der Waals surface area contributed by atoms with Crippen molar-refractivity contribution >= 4 is 61.6 Å². The highest BCUT2D eigenvalue weighted by Gasteiger charge is 2.28. The molecule has 0 fully saturated rings. The van der Waals surface area contributed by atoms with Gasteiger partial charge in [-0.2, -0.15) is 0 Å². The predicted molar refractivity (Wildman–Crippen MR) is 132 cm³/mol. The first kappa shape index (κ1) is 23.9. The number of benzene rings is 2. The summed E-state index contributed by atoms with van der Waals surface area (Å²) in [7, 11) is -2.53. The van der Waals surface area contributed by atoms with E-state index in [0.717, 1.165) is 17.8 Å². The van der Waals surface area contributed by atoms with Gasteiger partial charge in [0, 0.05) is 19.3 Å². The Balaban J connectivity index is 1.57. The monoisotopic (exact) mass is 524 g/mol. The number of carbonyl (C=O) groups excluding carboxylic acids is 1. The van der Waals surface area contributed by atoms with Crippen molar-refractivity contribution in [1.29, 1.82) is 0 Å². The molecule has 1 aliphatic rings. The first-order valence-electron chi connectivity index (χ1n) is 9.80. The molecule has 2 amide bonds. The first-order valence-corrected chi connectivity index (χ1v) is 12.6. The number of allylic oxidation sites excluding steroid dienone is 1. The largest absolute Gasteiger partial charge is 0.506 e. The van der Waals surface area contributed by atoms with Crippen LogP contribution >= 0.6 is 23.4 Å². The number of sulfonamides is 1. The van der Waals surface area contributed by atoms with Crippen LogP contribution in [0.2, 0.25) is 0 Å². The number of phenols is 1. The number of fused-ring (bicyclic) bond motifs is 1. The number of aromatic hydroxyl groups is 1. The quantitative estimate of drug-likeness (QED) is 0.294. The lowest BCUT2D eigenvalue weighted by atomic mass is 10.1. The Morgan fingerprint density at radius 1 is 1.24 bits per heavy atom. The highest BCUT2D eigenvalue weighted by atomic mass is 35.5. The number of halogens is 2. The van der Waals surface area contributed by atoms with Crippen LogP contribution in [0.3, 0.4) is 0 Å². The number of alkyl halides is 1. The van der Waals surface area contributed by atoms with Crippen molar-refractivity contribution in [1.82, 2.24) is 9.29 Å². The molecule has 4 N–H and O–H groups in total. The van der Waals surface area contributed by atoms with Gasteiger partial charge in [0.25, 0.3) is 15.6 Å². The minimum Gasteiger partial charge on any atom is -0.506 e. The summed E-state index contributed by atoms with van der Waals surface area (Å²) in [6, 6.07) is 7.13. The first-order chi connectivity index (χ1) is 16.1. The molecular weight excluding hydrogens is 507 g/mol. The number of pyridine rings is 1. The third-order valence-electron chi connectivity index (χ3n) is 4.97. The van der Waals surface area contributed by atoms with Crippen LogP contribution in [0.15, 0.2) is 57.7 Å². The summed E-state index contributed by atoms with van der Waals surface area (Å²) in [6.07, 6.45) is 3.24. The van der Waals surface area contributed by atoms with Crippen molar-refractivity contribution in [3.05, 3.63) is 69.1 Å². The topological polar surface area (TPSA) is 130 Å². The van der Waals surface area contributed by atoms with Gasteiger partial charge in [-0.3, -0.25) is 9.36 Å². The van der Waals surface area contributed by atoms with E-state index in [-0.39, 0.29) is 26.7 Å². The Bertz CT molecular complexity index is 1510. The molecule has 178 valence electrons. The van der Waals surface area contributed by atoms with Gasteiger partial charge >= 0.3 is 6.03 Å². The molecule has 0 saturated carbocycles. The molecule has 9 nitrogen and oxygen atoms in total. The molecule has 3 aromatic rings. The summed E-state index contributed by atoms with van der Waals surface area (Å²) < 4.78 is 41.3. The summed E-state index contributed by atoms with van der Waals surface area (Å²) in [5.41, 5.74) is -0.0914. The number of aromatic nitrogens is 1. The Kier molecular flexibility index (Phi) is 6.47. The molecule has 0 aliphatic carbocycles. The van der Waals surface area contributed by atoms with Gasteiger partial charge in [0.15, 0.2) is 0 Å². The maximum atomic E-state index is 14.2. The van der Waals surface area contributed by atoms with Crippen molar-refractivity contribution in [2.24, 2.45) is 0 Å². The Labute approximate surface area is 202 Å². The van der Waals surface area contributed by atoms with Gasteiger partial charge in [0.2, 0.25) is 0 Å². The minimum atomic E-state index is -4.10. The molecule has 1 unspecified atom stereocenters. The number of hydrogen-bond acceptors (Lipinski definition) is 7. The van der Waals surface area contributed by atoms with E-state index in [0.29, 0.717) is 11.8 Å². The number of thioether (sulfide) groups is 1. The smallest absolute Gasteiger partial charge is 0.333 e. The lowest BCUT2D eigenvalue weighted by molar-refractivity contribution is 0.256. The summed E-state index contributed by atoms with van der Waals surface area (Å²) in [6.45, 7) is 0. The van der Waals surface area contributed by atoms with Crippen LogP contribution in [-0.4, -0.2) is 35.9 Å². The zero-order valence-electron chi connectivity index (χ0n) is 17.5. The third kappa shape index (κ3) is 4.69. The average Bonchev–Trinajstić information content (AvgIpc) is 3.22. The molecule has 2 aromatic carbocycles. The van der Waals surface area contributed by atoms with Crippen LogP contribution in [0.1, 0.15) is 6.42 Å². The van der Waals surface area contributed by atoms with E-state index in [1.54, 1.807) is 13.1 Å². The van der Waals surface area contributed by atoms with Crippen LogP contribution in [0.25, 0.3) is 16.5 Å². The normalized spacial score (nSPS) is 15.7. The number of amides is 2. The van der Waals surface area contributed by atoms with E-state index >= 15 is 0 Å². The standard InChI is InChI=1S/C21H18ClFN4O5S2/c1-24-16-8-11-6-7-27(20(29)13(11)10-14(16)23)12-2-3-15(17(28)9-12)25-21(30)26-34(31,32)19-5-4-18(22)33-19/h2-3,5-10,18,24,28H,4H2,1H3,(H2,25,26,30). The van der Waals surface area contributed by atoms with E-state index in [2.05, 4.69) is 10.6 Å². The lowest BCUT2D eigenvalue weighted by Crippen LogP contribution is -2.34. The van der Waals surface area contributed by atoms with Crippen molar-refractivity contribution < 1.29 is 22.7 Å². The van der Waals surface area contributed by atoms with E-state index in [9.17, 15) is 27.5 Å². The van der Waals surface area contributed by atoms with E-state index in [4.69, 9.17) is 11.6 Å². The summed E-state index contributed by atoms with van der Waals surface area (Å²) in [4.78, 5) is 25.1. The predicted octanol–water partition coefficient (Wildman–Crippen LogP) is 3.87. The number of anilines is 2. The fourth-order valence-electron chi connectivity index (χ4n) is 3.34. The molecule has 4 rings (SSSR count). The molecular formula is C21H18ClFN4O5S2. The minimum absolute atomic E-state index is 0.0591. The second kappa shape index (κ2) is 9.20. The highest BCUT2D eigenvalue weighted by molar-refractivity contribution is 8.19. The third-order valence-corrected chi connectivity index (χ3v) is 8.36. The Morgan fingerprint density at radius 3 is 2.65 bits per heavy atom. The molecule has 13 heteroatoms. The van der Waals surface area contributed by atoms with E-state index in [1.807, 2.05) is 4.72 Å². The fourth-order valence-corrected chi connectivity index (χ4v) is 6.20. The zero-order chi connectivity index (χ0) is 24.6. The second-order valence-electron chi connectivity index (χ2n) is 7.21. The Hall–Kier alpha value is -3.22. The number of hydrogen-bond donors (Lipinski definition) is 4. The molecule has 0 spiro atoms. The summed E-state index contributed by atoms with van der Waals surface area (Å²) in [5, 5.41) is 16.0. The van der Waals surface area contributed by atoms with E-state index in [1.165, 1.54) is 41.1 Å². The van der Waals surface area contributed by atoms with Gasteiger partial charge in [-0.05, 0) is 42.1 Å². The van der Waals surface area contributed by atoms with Crippen molar-refractivity contribution in [3.63, 3.8) is 0 Å². The average molecular weight is 525 g/mol. The second-order valence-corrected chi connectivity index (χ2v) is 11.1. The maximum Gasteiger partial charge on any atom is 0.333 e. The van der Waals surface area contributed by atoms with Gasteiger partial charge in [0.05, 0.1) is 27.2 Å². The molecule has 0 bridgehead atoms. The molecule has 2 heterocycles. The number of carbonyl (C=O) groups is 1. The fraction of sp³-hybridized carbons (Fsp3) is 0.143. The number of phenolic OH excluding ortho intramolecular Hbond substituents is 1.